The predicted molar refractivity (Wildman–Crippen MR) is 220 cm³/mol. The van der Waals surface area contributed by atoms with Crippen LogP contribution in [0.2, 0.25) is 0 Å². The number of benzene rings is 2. The highest BCUT2D eigenvalue weighted by molar-refractivity contribution is 7.91. The van der Waals surface area contributed by atoms with Gasteiger partial charge in [-0.2, -0.15) is 18.3 Å². The van der Waals surface area contributed by atoms with Gasteiger partial charge < -0.3 is 10.2 Å². The van der Waals surface area contributed by atoms with Crippen molar-refractivity contribution in [3.05, 3.63) is 76.6 Å². The molecule has 15 nitrogen and oxygen atoms in total. The number of hydrogen-bond donors (Lipinski definition) is 3. The van der Waals surface area contributed by atoms with Gasteiger partial charge in [-0.1, -0.05) is 12.1 Å². The van der Waals surface area contributed by atoms with E-state index in [1.54, 1.807) is 53.0 Å². The van der Waals surface area contributed by atoms with Gasteiger partial charge in [0.25, 0.3) is 11.8 Å². The minimum Gasteiger partial charge on any atom is -0.364 e. The summed E-state index contributed by atoms with van der Waals surface area (Å²) in [5.74, 6) is -4.92. The number of rotatable bonds is 9. The molecule has 330 valence electrons. The van der Waals surface area contributed by atoms with Crippen LogP contribution in [0.15, 0.2) is 64.4 Å². The van der Waals surface area contributed by atoms with Crippen LogP contribution in [0.5, 0.6) is 0 Å². The Morgan fingerprint density at radius 1 is 1.05 bits per heavy atom. The van der Waals surface area contributed by atoms with Crippen LogP contribution < -0.4 is 21.2 Å². The summed E-state index contributed by atoms with van der Waals surface area (Å²) in [6, 6.07) is 8.93. The Labute approximate surface area is 352 Å². The number of nitrogens with one attached hydrogen (secondary N) is 3. The van der Waals surface area contributed by atoms with Crippen molar-refractivity contribution < 1.29 is 40.5 Å². The first kappa shape index (κ1) is 43.0. The van der Waals surface area contributed by atoms with Crippen LogP contribution in [0.25, 0.3) is 21.9 Å². The summed E-state index contributed by atoms with van der Waals surface area (Å²) in [4.78, 5) is 57.7. The fourth-order valence-corrected chi connectivity index (χ4v) is 10.2. The molecule has 1 aliphatic carbocycles. The summed E-state index contributed by atoms with van der Waals surface area (Å²) >= 11 is 0. The summed E-state index contributed by atoms with van der Waals surface area (Å²) in [5.41, 5.74) is -0.489. The van der Waals surface area contributed by atoms with Gasteiger partial charge >= 0.3 is 11.9 Å². The van der Waals surface area contributed by atoms with Gasteiger partial charge in [-0.15, -0.1) is 0 Å². The molecule has 5 heterocycles. The number of para-hydroxylation sites is 1. The maximum Gasteiger partial charge on any atom is 0.433 e. The van der Waals surface area contributed by atoms with Crippen molar-refractivity contribution in [2.75, 3.05) is 43.2 Å². The zero-order valence-corrected chi connectivity index (χ0v) is 34.9. The van der Waals surface area contributed by atoms with Gasteiger partial charge in [0.15, 0.2) is 0 Å². The molecule has 0 radical (unpaired) electrons. The summed E-state index contributed by atoms with van der Waals surface area (Å²) in [5, 5.41) is 10.0. The number of carbonyl (C=O) groups is 3. The number of anilines is 2. The van der Waals surface area contributed by atoms with E-state index in [0.717, 1.165) is 37.3 Å². The average Bonchev–Trinajstić information content (AvgIpc) is 3.74. The lowest BCUT2D eigenvalue weighted by atomic mass is 9.85. The second-order valence-corrected chi connectivity index (χ2v) is 18.8. The highest BCUT2D eigenvalue weighted by Gasteiger charge is 2.47. The number of amides is 3. The van der Waals surface area contributed by atoms with E-state index >= 15 is 8.78 Å². The number of hydrogen-bond acceptors (Lipinski definition) is 10. The average molecular weight is 885 g/mol. The lowest BCUT2D eigenvalue weighted by molar-refractivity contribution is -0.141. The molecule has 5 aromatic rings. The topological polar surface area (TPSA) is 180 Å². The van der Waals surface area contributed by atoms with Gasteiger partial charge in [0.1, 0.15) is 17.4 Å². The third-order valence-electron chi connectivity index (χ3n) is 12.3. The third kappa shape index (κ3) is 8.18. The summed E-state index contributed by atoms with van der Waals surface area (Å²) in [6.07, 6.45) is 1.43. The van der Waals surface area contributed by atoms with Crippen LogP contribution in [0.3, 0.4) is 0 Å². The number of fused-ring (bicyclic) bond motifs is 2. The van der Waals surface area contributed by atoms with E-state index in [9.17, 15) is 36.6 Å². The molecule has 3 N–H and O–H groups in total. The van der Waals surface area contributed by atoms with Gasteiger partial charge in [-0.25, -0.2) is 27.5 Å². The van der Waals surface area contributed by atoms with E-state index in [1.165, 1.54) is 21.3 Å². The van der Waals surface area contributed by atoms with Crippen molar-refractivity contribution in [3.8, 4) is 0 Å². The Morgan fingerprint density at radius 3 is 2.45 bits per heavy atom. The molecule has 1 saturated carbocycles. The van der Waals surface area contributed by atoms with E-state index in [-0.39, 0.29) is 41.8 Å². The number of alkyl halides is 5. The second kappa shape index (κ2) is 15.9. The monoisotopic (exact) mass is 884 g/mol. The van der Waals surface area contributed by atoms with Crippen LogP contribution in [-0.4, -0.2) is 95.6 Å². The van der Waals surface area contributed by atoms with Crippen LogP contribution in [0.4, 0.5) is 33.3 Å². The molecule has 8 rings (SSSR count). The molecular weight excluding hydrogens is 840 g/mol. The minimum atomic E-state index is -4.77. The van der Waals surface area contributed by atoms with Crippen LogP contribution in [0, 0.1) is 10.7 Å². The van der Waals surface area contributed by atoms with Gasteiger partial charge in [0, 0.05) is 44.4 Å². The number of nitrogens with zero attached hydrogens (tertiary/aromatic N) is 7. The highest BCUT2D eigenvalue weighted by Crippen LogP contribution is 2.39. The second-order valence-electron chi connectivity index (χ2n) is 16.6. The molecule has 0 spiro atoms. The van der Waals surface area contributed by atoms with Gasteiger partial charge in [0.05, 0.1) is 61.2 Å². The number of carbonyl (C=O) groups excluding carboxylic acids is 3. The maximum absolute atomic E-state index is 16.2. The molecule has 3 aromatic heterocycles. The maximum atomic E-state index is 16.2. The molecule has 3 atom stereocenters. The van der Waals surface area contributed by atoms with E-state index in [0.29, 0.717) is 53.6 Å². The van der Waals surface area contributed by atoms with Crippen molar-refractivity contribution >= 4 is 60.8 Å². The molecule has 3 fully saturated rings. The van der Waals surface area contributed by atoms with E-state index < -0.39 is 75.3 Å². The van der Waals surface area contributed by atoms with Gasteiger partial charge in [-0.3, -0.25) is 38.4 Å². The van der Waals surface area contributed by atoms with Gasteiger partial charge in [-0.05, 0) is 87.9 Å². The molecule has 3 amide bonds. The van der Waals surface area contributed by atoms with E-state index in [4.69, 9.17) is 9.88 Å². The number of aromatic nitrogens is 5. The molecule has 62 heavy (non-hydrogen) atoms. The molecular formula is C41H45F5N10O5S. The van der Waals surface area contributed by atoms with E-state index in [2.05, 4.69) is 15.6 Å². The molecule has 21 heteroatoms. The normalized spacial score (nSPS) is 23.1. The number of piperidine rings is 2. The molecule has 2 saturated heterocycles. The quantitative estimate of drug-likeness (QED) is 0.119. The lowest BCUT2D eigenvalue weighted by Gasteiger charge is -2.44. The SMILES string of the molecule is CN(CC1CCC(n2cc3cc(NC(=O)c4cccc(C(F)(F)F)n4)c(S(C)(=N)=O)cc3n2)CC1)C1CCN(c2cccc3c2n(C)c(=O)n3C2CCC(=O)NC2=O)CC1(F)F. The number of imidazole rings is 1. The summed E-state index contributed by atoms with van der Waals surface area (Å²) < 4.78 is 97.8. The largest absolute Gasteiger partial charge is 0.433 e. The minimum absolute atomic E-state index is 0.00955. The molecule has 2 aromatic carbocycles. The molecule has 0 bridgehead atoms. The van der Waals surface area contributed by atoms with Crippen molar-refractivity contribution in [1.29, 1.82) is 4.78 Å². The first-order chi connectivity index (χ1) is 29.2. The summed E-state index contributed by atoms with van der Waals surface area (Å²) in [7, 11) is -0.163. The predicted octanol–water partition coefficient (Wildman–Crippen LogP) is 5.95. The zero-order chi connectivity index (χ0) is 44.5. The Hall–Kier alpha value is -5.70. The summed E-state index contributed by atoms with van der Waals surface area (Å²) in [6.45, 7) is 0.193. The molecule has 3 unspecified atom stereocenters. The Kier molecular flexibility index (Phi) is 11.0. The first-order valence-corrected chi connectivity index (χ1v) is 22.1. The van der Waals surface area contributed by atoms with Crippen LogP contribution in [0.1, 0.15) is 73.2 Å². The fourth-order valence-electron chi connectivity index (χ4n) is 9.29. The lowest BCUT2D eigenvalue weighted by Crippen LogP contribution is -2.58. The fraction of sp³-hybridized carbons (Fsp3) is 0.463. The highest BCUT2D eigenvalue weighted by atomic mass is 32.2. The molecule has 2 aliphatic heterocycles. The first-order valence-electron chi connectivity index (χ1n) is 20.2. The van der Waals surface area contributed by atoms with Crippen molar-refractivity contribution in [1.82, 2.24) is 34.1 Å². The number of imide groups is 1. The Balaban J connectivity index is 0.917. The zero-order valence-electron chi connectivity index (χ0n) is 34.0. The van der Waals surface area contributed by atoms with Crippen molar-refractivity contribution in [2.45, 2.75) is 80.1 Å². The smallest absolute Gasteiger partial charge is 0.364 e. The standard InChI is InChI=1S/C41H45F5N10O5S/c1-52(34-16-17-54(22-40(34,42)43)29-7-5-8-30-36(29)53(2)39(60)56(30)31-14-15-35(57)50-38(31)59)20-23-10-12-25(13-11-23)55-21-24-18-28(32(62(3,47)61)19-27(24)51-55)49-37(58)26-6-4-9-33(48-26)41(44,45)46/h4-9,18-19,21,23,25,31,34,47H,10-17,20,22H2,1-3H3,(H,49,58)(H,50,57,59). The van der Waals surface area contributed by atoms with E-state index in [1.807, 2.05) is 0 Å². The van der Waals surface area contributed by atoms with Gasteiger partial charge in [0.2, 0.25) is 11.8 Å². The van der Waals surface area contributed by atoms with Crippen molar-refractivity contribution in [2.24, 2.45) is 13.0 Å². The van der Waals surface area contributed by atoms with Crippen molar-refractivity contribution in [3.63, 3.8) is 0 Å². The number of pyridine rings is 1. The Morgan fingerprint density at radius 2 is 1.77 bits per heavy atom. The van der Waals surface area contributed by atoms with Crippen LogP contribution >= 0.6 is 0 Å². The number of aryl methyl sites for hydroxylation is 1. The number of halogens is 5. The van der Waals surface area contributed by atoms with Crippen LogP contribution in [-0.2, 0) is 32.5 Å². The third-order valence-corrected chi connectivity index (χ3v) is 13.5. The Bertz CT molecular complexity index is 2780. The molecule has 3 aliphatic rings.